The largest absolute Gasteiger partial charge is 0.492 e. The molecule has 1 unspecified atom stereocenters. The van der Waals surface area contributed by atoms with Gasteiger partial charge in [-0.15, -0.1) is 0 Å². The lowest BCUT2D eigenvalue weighted by Gasteiger charge is -2.29. The number of carbonyl (C=O) groups is 1. The van der Waals surface area contributed by atoms with Gasteiger partial charge in [0.15, 0.2) is 5.78 Å². The molecule has 3 rings (SSSR count). The molecule has 2 aliphatic carbocycles. The standard InChI is InChI=1S/C21H30Cl2N4O2/c1-21(14-7-4-5-8-14)12-13-11-15(18(22)19(23)17(13)20(21)28)29-10-6-2-3-9-16(24)26-27-25/h11,14,27H,2-10,12,25H2,1H3,(H2,24,26). The van der Waals surface area contributed by atoms with E-state index in [1.165, 1.54) is 12.8 Å². The second-order valence-corrected chi connectivity index (χ2v) is 9.09. The highest BCUT2D eigenvalue weighted by molar-refractivity contribution is 6.45. The first kappa shape index (κ1) is 22.2. The fourth-order valence-corrected chi connectivity index (χ4v) is 5.21. The van der Waals surface area contributed by atoms with Crippen molar-refractivity contribution in [3.8, 4) is 5.75 Å². The van der Waals surface area contributed by atoms with Crippen molar-refractivity contribution in [2.75, 3.05) is 6.61 Å². The Bertz CT molecular complexity index is 793. The van der Waals surface area contributed by atoms with Gasteiger partial charge >= 0.3 is 0 Å². The van der Waals surface area contributed by atoms with Crippen LogP contribution in [0.4, 0.5) is 0 Å². The van der Waals surface area contributed by atoms with Crippen molar-refractivity contribution in [1.82, 2.24) is 5.53 Å². The van der Waals surface area contributed by atoms with Crippen LogP contribution in [0.1, 0.15) is 74.2 Å². The summed E-state index contributed by atoms with van der Waals surface area (Å²) in [6, 6.07) is 1.92. The molecule has 0 aliphatic heterocycles. The summed E-state index contributed by atoms with van der Waals surface area (Å²) in [6.07, 6.45) is 8.71. The van der Waals surface area contributed by atoms with Crippen LogP contribution in [0.15, 0.2) is 11.2 Å². The number of benzene rings is 1. The highest BCUT2D eigenvalue weighted by Gasteiger charge is 2.49. The molecule has 5 N–H and O–H groups in total. The third-order valence-corrected chi connectivity index (χ3v) is 7.21. The van der Waals surface area contributed by atoms with E-state index < -0.39 is 0 Å². The van der Waals surface area contributed by atoms with Crippen LogP contribution in [0.5, 0.6) is 5.75 Å². The molecule has 1 aromatic rings. The minimum Gasteiger partial charge on any atom is -0.492 e. The predicted octanol–water partition coefficient (Wildman–Crippen LogP) is 4.60. The van der Waals surface area contributed by atoms with Crippen LogP contribution in [0.3, 0.4) is 0 Å². The van der Waals surface area contributed by atoms with Gasteiger partial charge in [0, 0.05) is 17.4 Å². The van der Waals surface area contributed by atoms with Gasteiger partial charge in [0.1, 0.15) is 16.6 Å². The zero-order valence-electron chi connectivity index (χ0n) is 16.9. The molecule has 0 amide bonds. The minimum atomic E-state index is -0.371. The molecular formula is C21H30Cl2N4O2. The van der Waals surface area contributed by atoms with E-state index in [9.17, 15) is 4.79 Å². The van der Waals surface area contributed by atoms with Crippen LogP contribution in [0.2, 0.25) is 10.0 Å². The molecule has 0 heterocycles. The molecule has 1 aromatic carbocycles. The Balaban J connectivity index is 1.61. The first-order valence-corrected chi connectivity index (χ1v) is 11.1. The van der Waals surface area contributed by atoms with Gasteiger partial charge in [-0.2, -0.15) is 5.10 Å². The first-order valence-electron chi connectivity index (χ1n) is 10.3. The van der Waals surface area contributed by atoms with Gasteiger partial charge in [0.2, 0.25) is 0 Å². The van der Waals surface area contributed by atoms with Gasteiger partial charge in [0.25, 0.3) is 0 Å². The SMILES string of the molecule is CC1(C2CCCC2)Cc2cc(OCCCCC/C(N)=N/NN)c(Cl)c(Cl)c2C1=O. The van der Waals surface area contributed by atoms with Crippen LogP contribution in [0, 0.1) is 11.3 Å². The number of nitrogens with two attached hydrogens (primary N) is 2. The van der Waals surface area contributed by atoms with Gasteiger partial charge in [-0.3, -0.25) is 4.79 Å². The van der Waals surface area contributed by atoms with E-state index in [0.717, 1.165) is 37.7 Å². The maximum Gasteiger partial charge on any atom is 0.171 e. The number of hydrogen-bond acceptors (Lipinski definition) is 5. The van der Waals surface area contributed by atoms with Gasteiger partial charge in [-0.05, 0) is 56.1 Å². The smallest absolute Gasteiger partial charge is 0.171 e. The molecule has 6 nitrogen and oxygen atoms in total. The van der Waals surface area contributed by atoms with Crippen molar-refractivity contribution >= 4 is 34.8 Å². The van der Waals surface area contributed by atoms with Crippen molar-refractivity contribution in [3.63, 3.8) is 0 Å². The Labute approximate surface area is 182 Å². The highest BCUT2D eigenvalue weighted by Crippen LogP contribution is 2.52. The van der Waals surface area contributed by atoms with Crippen molar-refractivity contribution < 1.29 is 9.53 Å². The number of hydrazone groups is 1. The Kier molecular flexibility index (Phi) is 7.30. The van der Waals surface area contributed by atoms with E-state index in [1.54, 1.807) is 0 Å². The topological polar surface area (TPSA) is 103 Å². The van der Waals surface area contributed by atoms with Crippen molar-refractivity contribution in [3.05, 3.63) is 27.2 Å². The lowest BCUT2D eigenvalue weighted by atomic mass is 9.73. The second-order valence-electron chi connectivity index (χ2n) is 8.33. The molecule has 0 spiro atoms. The molecule has 2 aliphatic rings. The summed E-state index contributed by atoms with van der Waals surface area (Å²) < 4.78 is 5.90. The third kappa shape index (κ3) is 4.65. The second kappa shape index (κ2) is 9.54. The quantitative estimate of drug-likeness (QED) is 0.171. The number of Topliss-reactive ketones (excluding diaryl/α,β-unsaturated/α-hetero) is 1. The van der Waals surface area contributed by atoms with E-state index in [-0.39, 0.29) is 11.2 Å². The number of nitrogens with zero attached hydrogens (tertiary/aromatic N) is 1. The van der Waals surface area contributed by atoms with E-state index >= 15 is 0 Å². The van der Waals surface area contributed by atoms with Crippen LogP contribution < -0.4 is 21.8 Å². The van der Waals surface area contributed by atoms with Gasteiger partial charge < -0.3 is 10.5 Å². The highest BCUT2D eigenvalue weighted by atomic mass is 35.5. The summed E-state index contributed by atoms with van der Waals surface area (Å²) >= 11 is 13.0. The fourth-order valence-electron chi connectivity index (χ4n) is 4.70. The Morgan fingerprint density at radius 1 is 1.28 bits per heavy atom. The molecule has 160 valence electrons. The van der Waals surface area contributed by atoms with Crippen LogP contribution in [-0.4, -0.2) is 18.2 Å². The number of fused-ring (bicyclic) bond motifs is 1. The van der Waals surface area contributed by atoms with Crippen LogP contribution in [0.25, 0.3) is 0 Å². The average Bonchev–Trinajstić information content (AvgIpc) is 3.31. The number of ether oxygens (including phenoxy) is 1. The molecule has 1 atom stereocenters. The number of ketones is 1. The van der Waals surface area contributed by atoms with Gasteiger partial charge in [-0.1, -0.05) is 43.0 Å². The molecular weight excluding hydrogens is 411 g/mol. The molecule has 1 fully saturated rings. The summed E-state index contributed by atoms with van der Waals surface area (Å²) in [4.78, 5) is 13.2. The number of hydrogen-bond donors (Lipinski definition) is 3. The summed E-state index contributed by atoms with van der Waals surface area (Å²) in [6.45, 7) is 2.61. The lowest BCUT2D eigenvalue weighted by Crippen LogP contribution is -2.32. The number of amidine groups is 1. The van der Waals surface area contributed by atoms with Crippen LogP contribution in [-0.2, 0) is 6.42 Å². The molecule has 0 aromatic heterocycles. The number of unbranched alkanes of at least 4 members (excludes halogenated alkanes) is 2. The normalized spacial score (nSPS) is 22.2. The molecule has 0 radical (unpaired) electrons. The number of carbonyl (C=O) groups excluding carboxylic acids is 1. The van der Waals surface area contributed by atoms with Crippen LogP contribution >= 0.6 is 23.2 Å². The Morgan fingerprint density at radius 2 is 2.00 bits per heavy atom. The number of rotatable bonds is 9. The number of halogens is 2. The van der Waals surface area contributed by atoms with Gasteiger partial charge in [-0.25, -0.2) is 11.4 Å². The molecule has 0 bridgehead atoms. The number of nitrogens with one attached hydrogen (secondary N) is 1. The summed E-state index contributed by atoms with van der Waals surface area (Å²) in [5.41, 5.74) is 9.05. The van der Waals surface area contributed by atoms with Gasteiger partial charge in [0.05, 0.1) is 11.6 Å². The molecule has 29 heavy (non-hydrogen) atoms. The third-order valence-electron chi connectivity index (χ3n) is 6.36. The van der Waals surface area contributed by atoms with E-state index in [0.29, 0.717) is 52.6 Å². The van der Waals surface area contributed by atoms with Crippen molar-refractivity contribution in [2.45, 2.75) is 64.7 Å². The lowest BCUT2D eigenvalue weighted by molar-refractivity contribution is 0.0744. The Hall–Kier alpha value is -1.50. The first-order chi connectivity index (χ1) is 13.9. The van der Waals surface area contributed by atoms with E-state index in [4.69, 9.17) is 39.5 Å². The monoisotopic (exact) mass is 440 g/mol. The fraction of sp³-hybridized carbons (Fsp3) is 0.619. The predicted molar refractivity (Wildman–Crippen MR) is 117 cm³/mol. The molecule has 8 heteroatoms. The number of hydrazine groups is 1. The van der Waals surface area contributed by atoms with Crippen molar-refractivity contribution in [2.24, 2.45) is 28.0 Å². The minimum absolute atomic E-state index is 0.143. The summed E-state index contributed by atoms with van der Waals surface area (Å²) in [7, 11) is 0. The molecule has 0 saturated heterocycles. The zero-order chi connectivity index (χ0) is 21.0. The van der Waals surface area contributed by atoms with E-state index in [2.05, 4.69) is 17.6 Å². The summed E-state index contributed by atoms with van der Waals surface area (Å²) in [5.74, 6) is 6.70. The van der Waals surface area contributed by atoms with Crippen molar-refractivity contribution in [1.29, 1.82) is 0 Å². The maximum atomic E-state index is 13.2. The molecule has 1 saturated carbocycles. The average molecular weight is 441 g/mol. The van der Waals surface area contributed by atoms with E-state index in [1.807, 2.05) is 6.07 Å². The summed E-state index contributed by atoms with van der Waals surface area (Å²) in [5, 5.41) is 4.39. The Morgan fingerprint density at radius 3 is 2.69 bits per heavy atom. The maximum absolute atomic E-state index is 13.2. The zero-order valence-corrected chi connectivity index (χ0v) is 18.4.